The molecular weight excluding hydrogens is 232 g/mol. The summed E-state index contributed by atoms with van der Waals surface area (Å²) in [6.07, 6.45) is 6.46. The van der Waals surface area contributed by atoms with E-state index in [0.717, 1.165) is 36.3 Å². The minimum absolute atomic E-state index is 0.517. The fraction of sp³-hybridized carbons (Fsp3) is 1.00. The van der Waals surface area contributed by atoms with Crippen molar-refractivity contribution in [3.63, 3.8) is 0 Å². The summed E-state index contributed by atoms with van der Waals surface area (Å²) < 4.78 is 11.4. The highest BCUT2D eigenvalue weighted by Gasteiger charge is 2.35. The Morgan fingerprint density at radius 2 is 1.88 bits per heavy atom. The molecule has 0 aromatic carbocycles. The Balaban J connectivity index is 1.58. The minimum atomic E-state index is -0.517. The van der Waals surface area contributed by atoms with Crippen LogP contribution in [0.15, 0.2) is 0 Å². The largest absolute Gasteiger partial charge is 0.312 e. The first-order valence-corrected chi connectivity index (χ1v) is 8.64. The monoisotopic (exact) mass is 256 g/mol. The zero-order chi connectivity index (χ0) is 11.7. The van der Waals surface area contributed by atoms with E-state index in [1.807, 2.05) is 0 Å². The van der Waals surface area contributed by atoms with Crippen LogP contribution >= 0.6 is 0 Å². The summed E-state index contributed by atoms with van der Waals surface area (Å²) in [6.45, 7) is 3.67. The van der Waals surface area contributed by atoms with E-state index < -0.39 is 10.8 Å². The summed E-state index contributed by atoms with van der Waals surface area (Å²) in [4.78, 5) is 2.69. The van der Waals surface area contributed by atoms with Gasteiger partial charge in [-0.3, -0.25) is 9.11 Å². The first-order chi connectivity index (χ1) is 8.33. The Bertz CT molecular complexity index is 283. The third-order valence-electron chi connectivity index (χ3n) is 4.52. The lowest BCUT2D eigenvalue weighted by atomic mass is 10.1. The second-order valence-corrected chi connectivity index (χ2v) is 7.52. The molecule has 0 spiro atoms. The van der Waals surface area contributed by atoms with Crippen LogP contribution in [0.1, 0.15) is 32.1 Å². The second-order valence-electron chi connectivity index (χ2n) is 5.83. The molecule has 98 valence electrons. The van der Waals surface area contributed by atoms with Gasteiger partial charge in [-0.2, -0.15) is 0 Å². The van der Waals surface area contributed by atoms with Crippen LogP contribution in [0.2, 0.25) is 0 Å². The van der Waals surface area contributed by atoms with Gasteiger partial charge in [0.1, 0.15) is 0 Å². The number of nitrogens with one attached hydrogen (secondary N) is 1. The first kappa shape index (κ1) is 12.1. The van der Waals surface area contributed by atoms with Crippen molar-refractivity contribution >= 4 is 10.8 Å². The molecule has 1 aliphatic carbocycles. The van der Waals surface area contributed by atoms with E-state index in [1.54, 1.807) is 0 Å². The molecule has 3 nitrogen and oxygen atoms in total. The molecule has 0 aromatic heterocycles. The maximum atomic E-state index is 11.4. The molecule has 3 fully saturated rings. The fourth-order valence-electron chi connectivity index (χ4n) is 3.27. The van der Waals surface area contributed by atoms with Crippen LogP contribution in [0.5, 0.6) is 0 Å². The summed E-state index contributed by atoms with van der Waals surface area (Å²) in [5.41, 5.74) is 0. The van der Waals surface area contributed by atoms with E-state index in [9.17, 15) is 4.21 Å². The van der Waals surface area contributed by atoms with Gasteiger partial charge in [0.05, 0.1) is 0 Å². The normalized spacial score (nSPS) is 41.1. The Hall–Kier alpha value is 0.0700. The zero-order valence-electron chi connectivity index (χ0n) is 10.6. The SMILES string of the molecule is O=S1CCC(N2CCCNC(C3CC3)C2)CC1. The smallest absolute Gasteiger partial charge is 0.0249 e. The lowest BCUT2D eigenvalue weighted by molar-refractivity contribution is 0.176. The van der Waals surface area contributed by atoms with Crippen molar-refractivity contribution in [1.82, 2.24) is 10.2 Å². The van der Waals surface area contributed by atoms with Gasteiger partial charge in [0, 0.05) is 40.9 Å². The van der Waals surface area contributed by atoms with Gasteiger partial charge >= 0.3 is 0 Å². The first-order valence-electron chi connectivity index (χ1n) is 7.15. The van der Waals surface area contributed by atoms with Gasteiger partial charge < -0.3 is 5.32 Å². The topological polar surface area (TPSA) is 32.3 Å². The van der Waals surface area contributed by atoms with E-state index in [0.29, 0.717) is 6.04 Å². The molecule has 17 heavy (non-hydrogen) atoms. The summed E-state index contributed by atoms with van der Waals surface area (Å²) in [5.74, 6) is 2.82. The molecule has 3 rings (SSSR count). The predicted molar refractivity (Wildman–Crippen MR) is 71.6 cm³/mol. The molecule has 0 amide bonds. The average Bonchev–Trinajstić information content (AvgIpc) is 3.16. The molecule has 3 aliphatic rings. The van der Waals surface area contributed by atoms with Crippen molar-refractivity contribution in [2.24, 2.45) is 5.92 Å². The maximum Gasteiger partial charge on any atom is 0.0249 e. The van der Waals surface area contributed by atoms with Crippen molar-refractivity contribution in [3.05, 3.63) is 0 Å². The molecule has 2 heterocycles. The van der Waals surface area contributed by atoms with Gasteiger partial charge in [0.25, 0.3) is 0 Å². The molecule has 0 radical (unpaired) electrons. The Kier molecular flexibility index (Phi) is 3.83. The van der Waals surface area contributed by atoms with E-state index >= 15 is 0 Å². The molecule has 1 atom stereocenters. The van der Waals surface area contributed by atoms with E-state index in [-0.39, 0.29) is 0 Å². The molecule has 1 saturated carbocycles. The fourth-order valence-corrected chi connectivity index (χ4v) is 4.54. The van der Waals surface area contributed by atoms with Crippen molar-refractivity contribution in [2.45, 2.75) is 44.2 Å². The van der Waals surface area contributed by atoms with E-state index in [2.05, 4.69) is 10.2 Å². The second kappa shape index (κ2) is 5.37. The van der Waals surface area contributed by atoms with Crippen molar-refractivity contribution in [2.75, 3.05) is 31.1 Å². The molecule has 1 unspecified atom stereocenters. The Morgan fingerprint density at radius 3 is 2.59 bits per heavy atom. The lowest BCUT2D eigenvalue weighted by Gasteiger charge is -2.34. The highest BCUT2D eigenvalue weighted by Crippen LogP contribution is 2.34. The quantitative estimate of drug-likeness (QED) is 0.799. The summed E-state index contributed by atoms with van der Waals surface area (Å²) in [7, 11) is -0.517. The van der Waals surface area contributed by atoms with Gasteiger partial charge in [-0.1, -0.05) is 0 Å². The van der Waals surface area contributed by atoms with Crippen LogP contribution in [0, 0.1) is 5.92 Å². The van der Waals surface area contributed by atoms with Crippen LogP contribution in [0.4, 0.5) is 0 Å². The lowest BCUT2D eigenvalue weighted by Crippen LogP contribution is -2.46. The molecule has 4 heteroatoms. The Morgan fingerprint density at radius 1 is 1.12 bits per heavy atom. The third-order valence-corrected chi connectivity index (χ3v) is 5.91. The molecular formula is C13H24N2OS. The van der Waals surface area contributed by atoms with E-state index in [1.165, 1.54) is 38.9 Å². The highest BCUT2D eigenvalue weighted by atomic mass is 32.2. The van der Waals surface area contributed by atoms with Crippen molar-refractivity contribution in [1.29, 1.82) is 0 Å². The number of nitrogens with zero attached hydrogens (tertiary/aromatic N) is 1. The molecule has 2 aliphatic heterocycles. The standard InChI is InChI=1S/C13H24N2OS/c16-17-8-4-12(5-9-17)15-7-1-6-14-13(10-15)11-2-3-11/h11-14H,1-10H2. The predicted octanol–water partition coefficient (Wildman–Crippen LogP) is 0.971. The van der Waals surface area contributed by atoms with Gasteiger partial charge in [-0.15, -0.1) is 0 Å². The average molecular weight is 256 g/mol. The highest BCUT2D eigenvalue weighted by molar-refractivity contribution is 7.85. The Labute approximate surface area is 107 Å². The van der Waals surface area contributed by atoms with Crippen LogP contribution < -0.4 is 5.32 Å². The molecule has 0 bridgehead atoms. The number of rotatable bonds is 2. The number of hydrogen-bond acceptors (Lipinski definition) is 3. The van der Waals surface area contributed by atoms with E-state index in [4.69, 9.17) is 0 Å². The summed E-state index contributed by atoms with van der Waals surface area (Å²) in [6, 6.07) is 1.46. The van der Waals surface area contributed by atoms with Crippen LogP contribution in [0.3, 0.4) is 0 Å². The molecule has 2 saturated heterocycles. The van der Waals surface area contributed by atoms with Crippen molar-refractivity contribution in [3.8, 4) is 0 Å². The van der Waals surface area contributed by atoms with Gasteiger partial charge in [0.15, 0.2) is 0 Å². The van der Waals surface area contributed by atoms with Crippen LogP contribution in [-0.2, 0) is 10.8 Å². The summed E-state index contributed by atoms with van der Waals surface area (Å²) >= 11 is 0. The van der Waals surface area contributed by atoms with Crippen LogP contribution in [0.25, 0.3) is 0 Å². The number of hydrogen-bond donors (Lipinski definition) is 1. The molecule has 0 aromatic rings. The zero-order valence-corrected chi connectivity index (χ0v) is 11.4. The summed E-state index contributed by atoms with van der Waals surface area (Å²) in [5, 5.41) is 3.72. The third kappa shape index (κ3) is 3.09. The maximum absolute atomic E-state index is 11.4. The van der Waals surface area contributed by atoms with Gasteiger partial charge in [0.2, 0.25) is 0 Å². The van der Waals surface area contributed by atoms with Gasteiger partial charge in [-0.25, -0.2) is 0 Å². The minimum Gasteiger partial charge on any atom is -0.312 e. The van der Waals surface area contributed by atoms with Crippen molar-refractivity contribution < 1.29 is 4.21 Å². The van der Waals surface area contributed by atoms with Gasteiger partial charge in [-0.05, 0) is 51.1 Å². The van der Waals surface area contributed by atoms with Crippen LogP contribution in [-0.4, -0.2) is 52.3 Å². The molecule has 1 N–H and O–H groups in total.